The van der Waals surface area contributed by atoms with Crippen LogP contribution < -0.4 is 0 Å². The molecule has 0 spiro atoms. The monoisotopic (exact) mass is 377 g/mol. The number of nitrogens with zero attached hydrogens (tertiary/aromatic N) is 1. The number of piperidine rings is 1. The van der Waals surface area contributed by atoms with Crippen LogP contribution in [0, 0.1) is 0 Å². The molecule has 1 saturated heterocycles. The quantitative estimate of drug-likeness (QED) is 0.469. The van der Waals surface area contributed by atoms with Gasteiger partial charge in [-0.1, -0.05) is 48.5 Å². The summed E-state index contributed by atoms with van der Waals surface area (Å²) >= 11 is 0. The highest BCUT2D eigenvalue weighted by Crippen LogP contribution is 2.39. The Kier molecular flexibility index (Phi) is 4.44. The lowest BCUT2D eigenvalue weighted by Gasteiger charge is -2.50. The van der Waals surface area contributed by atoms with E-state index in [1.807, 2.05) is 76.2 Å². The van der Waals surface area contributed by atoms with E-state index in [-0.39, 0.29) is 12.1 Å². The second-order valence-electron chi connectivity index (χ2n) is 9.07. The van der Waals surface area contributed by atoms with Crippen LogP contribution in [0.4, 0.5) is 0 Å². The van der Waals surface area contributed by atoms with Crippen molar-refractivity contribution in [3.8, 4) is 0 Å². The molecule has 0 unspecified atom stereocenters. The molecule has 1 aliphatic rings. The molecule has 0 aliphatic carbocycles. The van der Waals surface area contributed by atoms with Crippen LogP contribution in [0.3, 0.4) is 0 Å². The van der Waals surface area contributed by atoms with Gasteiger partial charge in [0.2, 0.25) is 0 Å². The zero-order chi connectivity index (χ0) is 20.1. The fourth-order valence-electron chi connectivity index (χ4n) is 4.71. The SMILES string of the molecule is CC1(C)CC(OC(=O)c2c3ccccc3cc3ccccc23)CC(C)(C)N1O. The molecule has 0 atom stereocenters. The number of esters is 1. The number of hydrogen-bond donors (Lipinski definition) is 1. The van der Waals surface area contributed by atoms with Gasteiger partial charge in [-0.3, -0.25) is 0 Å². The number of carbonyl (C=O) groups is 1. The minimum Gasteiger partial charge on any atom is -0.459 e. The van der Waals surface area contributed by atoms with E-state index in [9.17, 15) is 10.0 Å². The number of fused-ring (bicyclic) bond motifs is 2. The van der Waals surface area contributed by atoms with Crippen LogP contribution in [-0.2, 0) is 4.74 Å². The molecule has 146 valence electrons. The first-order valence-electron chi connectivity index (χ1n) is 9.80. The van der Waals surface area contributed by atoms with Crippen molar-refractivity contribution in [3.05, 3.63) is 60.2 Å². The molecule has 3 aromatic carbocycles. The third-order valence-corrected chi connectivity index (χ3v) is 5.85. The van der Waals surface area contributed by atoms with Gasteiger partial charge in [0.05, 0.1) is 5.56 Å². The molecule has 0 bridgehead atoms. The highest BCUT2D eigenvalue weighted by molar-refractivity contribution is 6.16. The summed E-state index contributed by atoms with van der Waals surface area (Å²) in [5.41, 5.74) is -0.308. The van der Waals surface area contributed by atoms with Crippen molar-refractivity contribution in [1.29, 1.82) is 0 Å². The summed E-state index contributed by atoms with van der Waals surface area (Å²) in [5.74, 6) is -0.295. The van der Waals surface area contributed by atoms with Crippen LogP contribution in [0.1, 0.15) is 50.9 Å². The van der Waals surface area contributed by atoms with Gasteiger partial charge in [-0.15, -0.1) is 0 Å². The van der Waals surface area contributed by atoms with Crippen molar-refractivity contribution in [2.75, 3.05) is 0 Å². The Hall–Kier alpha value is -2.43. The second kappa shape index (κ2) is 6.57. The summed E-state index contributed by atoms with van der Waals surface area (Å²) in [6.45, 7) is 7.90. The fraction of sp³-hybridized carbons (Fsp3) is 0.375. The first-order valence-corrected chi connectivity index (χ1v) is 9.80. The molecule has 0 amide bonds. The summed E-state index contributed by atoms with van der Waals surface area (Å²) < 4.78 is 6.04. The first kappa shape index (κ1) is 18.9. The molecule has 4 heteroatoms. The molecule has 1 N–H and O–H groups in total. The fourth-order valence-corrected chi connectivity index (χ4v) is 4.71. The van der Waals surface area contributed by atoms with Crippen molar-refractivity contribution < 1.29 is 14.7 Å². The third kappa shape index (κ3) is 3.17. The van der Waals surface area contributed by atoms with E-state index in [0.717, 1.165) is 21.5 Å². The summed E-state index contributed by atoms with van der Waals surface area (Å²) in [6, 6.07) is 18.0. The van der Waals surface area contributed by atoms with Crippen LogP contribution in [0.25, 0.3) is 21.5 Å². The normalized spacial score (nSPS) is 19.8. The largest absolute Gasteiger partial charge is 0.459 e. The summed E-state index contributed by atoms with van der Waals surface area (Å²) in [4.78, 5) is 13.3. The maximum atomic E-state index is 13.3. The van der Waals surface area contributed by atoms with Crippen LogP contribution in [0.15, 0.2) is 54.6 Å². The van der Waals surface area contributed by atoms with Gasteiger partial charge in [-0.05, 0) is 55.3 Å². The van der Waals surface area contributed by atoms with Crippen molar-refractivity contribution in [1.82, 2.24) is 5.06 Å². The van der Waals surface area contributed by atoms with Crippen molar-refractivity contribution in [2.45, 2.75) is 57.7 Å². The van der Waals surface area contributed by atoms with E-state index >= 15 is 0 Å². The van der Waals surface area contributed by atoms with Crippen molar-refractivity contribution in [2.24, 2.45) is 0 Å². The third-order valence-electron chi connectivity index (χ3n) is 5.85. The molecule has 4 rings (SSSR count). The zero-order valence-corrected chi connectivity index (χ0v) is 16.9. The van der Waals surface area contributed by atoms with Gasteiger partial charge in [0.15, 0.2) is 0 Å². The van der Waals surface area contributed by atoms with E-state index in [2.05, 4.69) is 6.07 Å². The predicted molar refractivity (Wildman–Crippen MR) is 112 cm³/mol. The molecule has 1 fully saturated rings. The number of hydrogen-bond acceptors (Lipinski definition) is 4. The smallest absolute Gasteiger partial charge is 0.339 e. The van der Waals surface area contributed by atoms with E-state index in [0.29, 0.717) is 18.4 Å². The molecule has 4 nitrogen and oxygen atoms in total. The molecule has 0 aromatic heterocycles. The standard InChI is InChI=1S/C24H27NO3/c1-23(2)14-18(15-24(3,4)25(23)27)28-22(26)21-19-11-7-5-9-16(19)13-17-10-6-8-12-20(17)21/h5-13,18,27H,14-15H2,1-4H3. The Morgan fingerprint density at radius 1 is 0.929 bits per heavy atom. The lowest BCUT2D eigenvalue weighted by Crippen LogP contribution is -2.60. The van der Waals surface area contributed by atoms with E-state index in [4.69, 9.17) is 4.74 Å². The number of ether oxygens (including phenoxy) is 1. The lowest BCUT2D eigenvalue weighted by atomic mass is 9.80. The molecule has 3 aromatic rings. The highest BCUT2D eigenvalue weighted by atomic mass is 16.5. The van der Waals surface area contributed by atoms with Gasteiger partial charge in [0, 0.05) is 23.9 Å². The minimum absolute atomic E-state index is 0.251. The van der Waals surface area contributed by atoms with Crippen LogP contribution in [-0.4, -0.2) is 33.4 Å². The predicted octanol–water partition coefficient (Wildman–Crippen LogP) is 5.56. The molecular weight excluding hydrogens is 350 g/mol. The number of hydroxylamine groups is 2. The number of benzene rings is 3. The molecule has 0 saturated carbocycles. The van der Waals surface area contributed by atoms with E-state index in [1.54, 1.807) is 0 Å². The van der Waals surface area contributed by atoms with Crippen LogP contribution >= 0.6 is 0 Å². The van der Waals surface area contributed by atoms with Gasteiger partial charge in [0.1, 0.15) is 6.10 Å². The first-order chi connectivity index (χ1) is 13.2. The van der Waals surface area contributed by atoms with Crippen molar-refractivity contribution >= 4 is 27.5 Å². The number of carbonyl (C=O) groups excluding carboxylic acids is 1. The van der Waals surface area contributed by atoms with Gasteiger partial charge in [0.25, 0.3) is 0 Å². The molecule has 1 aliphatic heterocycles. The summed E-state index contributed by atoms with van der Waals surface area (Å²) in [6.07, 6.45) is 0.918. The minimum atomic E-state index is -0.465. The Morgan fingerprint density at radius 3 is 1.89 bits per heavy atom. The molecule has 1 heterocycles. The second-order valence-corrected chi connectivity index (χ2v) is 9.07. The topological polar surface area (TPSA) is 49.8 Å². The van der Waals surface area contributed by atoms with Crippen molar-refractivity contribution in [3.63, 3.8) is 0 Å². The number of rotatable bonds is 2. The Bertz CT molecular complexity index is 982. The highest BCUT2D eigenvalue weighted by Gasteiger charge is 2.46. The van der Waals surface area contributed by atoms with Gasteiger partial charge in [-0.25, -0.2) is 4.79 Å². The van der Waals surface area contributed by atoms with E-state index < -0.39 is 11.1 Å². The summed E-state index contributed by atoms with van der Waals surface area (Å²) in [5, 5.41) is 15.8. The Morgan fingerprint density at radius 2 is 1.39 bits per heavy atom. The van der Waals surface area contributed by atoms with Crippen LogP contribution in [0.5, 0.6) is 0 Å². The lowest BCUT2D eigenvalue weighted by molar-refractivity contribution is -0.256. The zero-order valence-electron chi connectivity index (χ0n) is 16.9. The maximum absolute atomic E-state index is 13.3. The van der Waals surface area contributed by atoms with Gasteiger partial charge in [-0.2, -0.15) is 5.06 Å². The van der Waals surface area contributed by atoms with Gasteiger partial charge < -0.3 is 9.94 Å². The van der Waals surface area contributed by atoms with Gasteiger partial charge >= 0.3 is 5.97 Å². The van der Waals surface area contributed by atoms with Crippen LogP contribution in [0.2, 0.25) is 0 Å². The Labute approximate surface area is 165 Å². The summed E-state index contributed by atoms with van der Waals surface area (Å²) in [7, 11) is 0. The van der Waals surface area contributed by atoms with E-state index in [1.165, 1.54) is 5.06 Å². The average molecular weight is 377 g/mol. The molecule has 28 heavy (non-hydrogen) atoms. The average Bonchev–Trinajstić information content (AvgIpc) is 2.63. The Balaban J connectivity index is 1.75. The maximum Gasteiger partial charge on any atom is 0.339 e. The molecular formula is C24H27NO3. The molecule has 0 radical (unpaired) electrons.